The lowest BCUT2D eigenvalue weighted by Gasteiger charge is -2.33. The average Bonchev–Trinajstić information content (AvgIpc) is 2.82. The predicted molar refractivity (Wildman–Crippen MR) is 127 cm³/mol. The van der Waals surface area contributed by atoms with Gasteiger partial charge in [0.05, 0.1) is 7.11 Å². The van der Waals surface area contributed by atoms with Crippen LogP contribution in [0, 0.1) is 17.5 Å². The summed E-state index contributed by atoms with van der Waals surface area (Å²) in [6.45, 7) is 1.05. The van der Waals surface area contributed by atoms with Crippen LogP contribution in [-0.2, 0) is 6.42 Å². The average molecular weight is 508 g/mol. The number of carbonyl (C=O) groups is 1. The minimum atomic E-state index is -1.65. The molecule has 2 N–H and O–H groups in total. The SMILES string of the molecule is COc1cc(CCNCC2CC(c3ccc(F)c(C(=O)O)c3F)c3ccccc3O2)ccc1F.Cl. The molecule has 4 rings (SSSR count). The fourth-order valence-corrected chi connectivity index (χ4v) is 4.30. The Balaban J connectivity index is 0.00000342. The summed E-state index contributed by atoms with van der Waals surface area (Å²) in [5.74, 6) is -3.96. The van der Waals surface area contributed by atoms with Crippen LogP contribution in [0.25, 0.3) is 0 Å². The molecular formula is C26H25ClF3NO4. The number of hydrogen-bond donors (Lipinski definition) is 2. The molecule has 0 saturated carbocycles. The molecule has 1 aliphatic heterocycles. The highest BCUT2D eigenvalue weighted by Gasteiger charge is 2.33. The van der Waals surface area contributed by atoms with Crippen LogP contribution in [0.15, 0.2) is 54.6 Å². The van der Waals surface area contributed by atoms with Gasteiger partial charge in [-0.25, -0.2) is 18.0 Å². The van der Waals surface area contributed by atoms with Crippen molar-refractivity contribution in [3.05, 3.63) is 94.3 Å². The van der Waals surface area contributed by atoms with E-state index < -0.39 is 34.9 Å². The Labute approximate surface area is 207 Å². The minimum Gasteiger partial charge on any atom is -0.494 e. The van der Waals surface area contributed by atoms with Gasteiger partial charge < -0.3 is 19.9 Å². The lowest BCUT2D eigenvalue weighted by molar-refractivity contribution is 0.0686. The topological polar surface area (TPSA) is 67.8 Å². The Morgan fingerprint density at radius 1 is 1.09 bits per heavy atom. The van der Waals surface area contributed by atoms with Crippen LogP contribution in [-0.4, -0.2) is 37.4 Å². The van der Waals surface area contributed by atoms with Crippen LogP contribution in [0.1, 0.15) is 39.4 Å². The third-order valence-electron chi connectivity index (χ3n) is 5.97. The number of hydrogen-bond acceptors (Lipinski definition) is 4. The number of methoxy groups -OCH3 is 1. The zero-order chi connectivity index (χ0) is 24.2. The Hall–Kier alpha value is -3.23. The summed E-state index contributed by atoms with van der Waals surface area (Å²) in [6.07, 6.45) is 0.703. The second-order valence-corrected chi connectivity index (χ2v) is 8.12. The first-order valence-electron chi connectivity index (χ1n) is 10.9. The number of ether oxygens (including phenoxy) is 2. The van der Waals surface area contributed by atoms with E-state index >= 15 is 4.39 Å². The molecule has 1 aliphatic rings. The van der Waals surface area contributed by atoms with E-state index in [1.165, 1.54) is 19.2 Å². The first-order valence-corrected chi connectivity index (χ1v) is 10.9. The van der Waals surface area contributed by atoms with Crippen LogP contribution in [0.5, 0.6) is 11.5 Å². The molecule has 0 spiro atoms. The number of para-hydroxylation sites is 1. The summed E-state index contributed by atoms with van der Waals surface area (Å²) in [7, 11) is 1.42. The Morgan fingerprint density at radius 2 is 1.83 bits per heavy atom. The smallest absolute Gasteiger partial charge is 0.341 e. The first-order chi connectivity index (χ1) is 16.4. The highest BCUT2D eigenvalue weighted by atomic mass is 35.5. The molecule has 0 radical (unpaired) electrons. The minimum absolute atomic E-state index is 0. The number of fused-ring (bicyclic) bond motifs is 1. The molecule has 0 fully saturated rings. The number of carboxylic acid groups (broad SMARTS) is 1. The van der Waals surface area contributed by atoms with Gasteiger partial charge in [-0.2, -0.15) is 0 Å². The third-order valence-corrected chi connectivity index (χ3v) is 5.97. The van der Waals surface area contributed by atoms with Gasteiger partial charge in [0, 0.05) is 18.0 Å². The quantitative estimate of drug-likeness (QED) is 0.402. The van der Waals surface area contributed by atoms with Crippen molar-refractivity contribution in [2.45, 2.75) is 24.9 Å². The monoisotopic (exact) mass is 507 g/mol. The van der Waals surface area contributed by atoms with Gasteiger partial charge in [0.25, 0.3) is 0 Å². The van der Waals surface area contributed by atoms with Gasteiger partial charge >= 0.3 is 5.97 Å². The van der Waals surface area contributed by atoms with Crippen LogP contribution in [0.2, 0.25) is 0 Å². The zero-order valence-corrected chi connectivity index (χ0v) is 19.7. The molecular weight excluding hydrogens is 483 g/mol. The van der Waals surface area contributed by atoms with Crippen molar-refractivity contribution in [3.63, 3.8) is 0 Å². The Morgan fingerprint density at radius 3 is 2.57 bits per heavy atom. The standard InChI is InChI=1S/C26H24F3NO4.ClH/c1-33-23-12-15(6-8-20(23)27)10-11-30-14-16-13-19(17-4-2-3-5-22(17)34-16)18-7-9-21(28)24(25(18)29)26(31)32;/h2-9,12,16,19,30H,10-11,13-14H2,1H3,(H,31,32);1H. The van der Waals surface area contributed by atoms with Crippen LogP contribution < -0.4 is 14.8 Å². The van der Waals surface area contributed by atoms with E-state index in [9.17, 15) is 18.7 Å². The van der Waals surface area contributed by atoms with E-state index in [1.54, 1.807) is 36.4 Å². The van der Waals surface area contributed by atoms with Crippen LogP contribution >= 0.6 is 12.4 Å². The molecule has 0 aliphatic carbocycles. The molecule has 9 heteroatoms. The summed E-state index contributed by atoms with van der Waals surface area (Å²) < 4.78 is 53.7. The van der Waals surface area contributed by atoms with E-state index in [4.69, 9.17) is 9.47 Å². The first kappa shape index (κ1) is 26.4. The number of benzene rings is 3. The summed E-state index contributed by atoms with van der Waals surface area (Å²) >= 11 is 0. The summed E-state index contributed by atoms with van der Waals surface area (Å²) in [6, 6.07) is 14.2. The molecule has 5 nitrogen and oxygen atoms in total. The maximum atomic E-state index is 15.1. The van der Waals surface area contributed by atoms with Gasteiger partial charge in [-0.15, -0.1) is 12.4 Å². The van der Waals surface area contributed by atoms with Gasteiger partial charge in [-0.1, -0.05) is 30.3 Å². The zero-order valence-electron chi connectivity index (χ0n) is 18.9. The summed E-state index contributed by atoms with van der Waals surface area (Å²) in [5.41, 5.74) is 0.802. The lowest BCUT2D eigenvalue weighted by Crippen LogP contribution is -2.36. The molecule has 186 valence electrons. The maximum Gasteiger partial charge on any atom is 0.341 e. The number of rotatable bonds is 8. The van der Waals surface area contributed by atoms with Crippen LogP contribution in [0.3, 0.4) is 0 Å². The number of nitrogens with one attached hydrogen (secondary N) is 1. The van der Waals surface area contributed by atoms with Crippen molar-refractivity contribution >= 4 is 18.4 Å². The molecule has 1 heterocycles. The fraction of sp³-hybridized carbons (Fsp3) is 0.269. The number of aromatic carboxylic acids is 1. The largest absolute Gasteiger partial charge is 0.494 e. The lowest BCUT2D eigenvalue weighted by atomic mass is 9.83. The fourth-order valence-electron chi connectivity index (χ4n) is 4.30. The highest BCUT2D eigenvalue weighted by molar-refractivity contribution is 5.88. The summed E-state index contributed by atoms with van der Waals surface area (Å²) in [5, 5.41) is 12.6. The Kier molecular flexibility index (Phi) is 8.64. The van der Waals surface area contributed by atoms with Crippen molar-refractivity contribution in [2.24, 2.45) is 0 Å². The maximum absolute atomic E-state index is 15.1. The second-order valence-electron chi connectivity index (χ2n) is 8.12. The van der Waals surface area contributed by atoms with Gasteiger partial charge in [0.1, 0.15) is 29.1 Å². The van der Waals surface area contributed by atoms with E-state index in [-0.39, 0.29) is 29.8 Å². The van der Waals surface area contributed by atoms with Crippen LogP contribution in [0.4, 0.5) is 13.2 Å². The molecule has 0 saturated heterocycles. The molecule has 2 unspecified atom stereocenters. The number of carboxylic acids is 1. The van der Waals surface area contributed by atoms with Gasteiger partial charge in [-0.3, -0.25) is 0 Å². The molecule has 0 bridgehead atoms. The summed E-state index contributed by atoms with van der Waals surface area (Å²) in [4.78, 5) is 11.4. The molecule has 3 aromatic rings. The van der Waals surface area contributed by atoms with E-state index in [2.05, 4.69) is 5.32 Å². The second kappa shape index (κ2) is 11.5. The van der Waals surface area contributed by atoms with E-state index in [1.807, 2.05) is 0 Å². The predicted octanol–water partition coefficient (Wildman–Crippen LogP) is 5.35. The molecule has 0 aromatic heterocycles. The van der Waals surface area contributed by atoms with E-state index in [0.717, 1.165) is 17.2 Å². The van der Waals surface area contributed by atoms with Crippen molar-refractivity contribution in [1.29, 1.82) is 0 Å². The van der Waals surface area contributed by atoms with Gasteiger partial charge in [0.2, 0.25) is 0 Å². The van der Waals surface area contributed by atoms with E-state index in [0.29, 0.717) is 31.7 Å². The molecule has 35 heavy (non-hydrogen) atoms. The van der Waals surface area contributed by atoms with Gasteiger partial charge in [-0.05, 0) is 54.8 Å². The van der Waals surface area contributed by atoms with Crippen molar-refractivity contribution in [3.8, 4) is 11.5 Å². The van der Waals surface area contributed by atoms with Gasteiger partial charge in [0.15, 0.2) is 11.6 Å². The molecule has 3 aromatic carbocycles. The van der Waals surface area contributed by atoms with Crippen molar-refractivity contribution in [1.82, 2.24) is 5.32 Å². The third kappa shape index (κ3) is 5.71. The normalized spacial score (nSPS) is 16.6. The highest BCUT2D eigenvalue weighted by Crippen LogP contribution is 2.41. The van der Waals surface area contributed by atoms with Crippen molar-refractivity contribution < 1.29 is 32.5 Å². The number of halogens is 4. The Bertz CT molecular complexity index is 1210. The molecule has 2 atom stereocenters. The molecule has 0 amide bonds. The van der Waals surface area contributed by atoms with Crippen molar-refractivity contribution in [2.75, 3.05) is 20.2 Å².